The fourth-order valence-electron chi connectivity index (χ4n) is 4.07. The number of nitrogens with zero attached hydrogens (tertiary/aromatic N) is 2. The van der Waals surface area contributed by atoms with E-state index in [1.165, 1.54) is 29.1 Å². The molecule has 0 aliphatic carbocycles. The zero-order valence-corrected chi connectivity index (χ0v) is 17.8. The van der Waals surface area contributed by atoms with Gasteiger partial charge in [-0.2, -0.15) is 0 Å². The maximum absolute atomic E-state index is 12.4. The van der Waals surface area contributed by atoms with E-state index in [9.17, 15) is 4.79 Å². The molecule has 0 amide bonds. The van der Waals surface area contributed by atoms with E-state index < -0.39 is 0 Å². The molecule has 3 heterocycles. The molecule has 1 aliphatic rings. The van der Waals surface area contributed by atoms with Gasteiger partial charge in [-0.15, -0.1) is 11.3 Å². The molecule has 0 unspecified atom stereocenters. The van der Waals surface area contributed by atoms with E-state index in [4.69, 9.17) is 4.98 Å². The second kappa shape index (κ2) is 8.15. The first kappa shape index (κ1) is 19.3. The SMILES string of the molecule is Cc1csc2nc(C[NH+]3CC[NH+](Cc4ccc(C(C)C)cc4)CC3)cc(=O)n12. The summed E-state index contributed by atoms with van der Waals surface area (Å²) in [5.74, 6) is 0.590. The molecule has 0 bridgehead atoms. The molecule has 1 aliphatic heterocycles. The molecular formula is C22H30N4OS+2. The highest BCUT2D eigenvalue weighted by molar-refractivity contribution is 7.15. The lowest BCUT2D eigenvalue weighted by Gasteiger charge is -2.29. The molecule has 5 nitrogen and oxygen atoms in total. The number of fused-ring (bicyclic) bond motifs is 1. The Balaban J connectivity index is 1.33. The Hall–Kier alpha value is -2.02. The van der Waals surface area contributed by atoms with Crippen LogP contribution in [0.5, 0.6) is 0 Å². The van der Waals surface area contributed by atoms with Crippen molar-refractivity contribution < 1.29 is 9.80 Å². The first-order valence-corrected chi connectivity index (χ1v) is 11.1. The number of aryl methyl sites for hydroxylation is 1. The Morgan fingerprint density at radius 2 is 1.71 bits per heavy atom. The topological polar surface area (TPSA) is 43.2 Å². The molecule has 2 aromatic heterocycles. The summed E-state index contributed by atoms with van der Waals surface area (Å²) < 4.78 is 1.70. The van der Waals surface area contributed by atoms with Crippen LogP contribution in [0.1, 0.15) is 42.3 Å². The number of hydrogen-bond donors (Lipinski definition) is 2. The summed E-state index contributed by atoms with van der Waals surface area (Å²) in [6, 6.07) is 10.8. The van der Waals surface area contributed by atoms with Gasteiger partial charge in [-0.3, -0.25) is 9.20 Å². The third-order valence-corrected chi connectivity index (χ3v) is 6.77. The monoisotopic (exact) mass is 398 g/mol. The number of hydrogen-bond acceptors (Lipinski definition) is 3. The number of quaternary nitrogens is 2. The van der Waals surface area contributed by atoms with Crippen molar-refractivity contribution in [3.8, 4) is 0 Å². The van der Waals surface area contributed by atoms with Crippen LogP contribution in [0, 0.1) is 6.92 Å². The number of rotatable bonds is 5. The Labute approximate surface area is 170 Å². The van der Waals surface area contributed by atoms with E-state index in [1.807, 2.05) is 12.3 Å². The number of benzene rings is 1. The third-order valence-electron chi connectivity index (χ3n) is 5.82. The van der Waals surface area contributed by atoms with Gasteiger partial charge in [-0.05, 0) is 18.4 Å². The Morgan fingerprint density at radius 1 is 1.07 bits per heavy atom. The molecule has 4 rings (SSSR count). The lowest BCUT2D eigenvalue weighted by atomic mass is 10.0. The highest BCUT2D eigenvalue weighted by Gasteiger charge is 2.24. The summed E-state index contributed by atoms with van der Waals surface area (Å²) >= 11 is 1.55. The van der Waals surface area contributed by atoms with E-state index in [-0.39, 0.29) is 5.56 Å². The fraction of sp³-hybridized carbons (Fsp3) is 0.455. The molecule has 0 spiro atoms. The van der Waals surface area contributed by atoms with E-state index in [0.717, 1.165) is 42.5 Å². The Bertz CT molecular complexity index is 998. The standard InChI is InChI=1S/C22H28N4OS/c1-16(2)19-6-4-18(5-7-19)13-24-8-10-25(11-9-24)14-20-12-21(27)26-17(3)15-28-22(26)23-20/h4-7,12,15-16H,8-11,13-14H2,1-3H3/p+2. The second-order valence-electron chi connectivity index (χ2n) is 8.33. The predicted octanol–water partition coefficient (Wildman–Crippen LogP) is 0.671. The van der Waals surface area contributed by atoms with Gasteiger partial charge in [-0.1, -0.05) is 38.1 Å². The Kier molecular flexibility index (Phi) is 5.62. The molecule has 2 N–H and O–H groups in total. The molecular weight excluding hydrogens is 368 g/mol. The van der Waals surface area contributed by atoms with Gasteiger partial charge in [0.25, 0.3) is 5.56 Å². The van der Waals surface area contributed by atoms with Crippen LogP contribution in [-0.2, 0) is 13.1 Å². The van der Waals surface area contributed by atoms with Crippen LogP contribution < -0.4 is 15.4 Å². The number of nitrogens with one attached hydrogen (secondary N) is 2. The van der Waals surface area contributed by atoms with Gasteiger partial charge in [0, 0.05) is 22.7 Å². The minimum atomic E-state index is 0.0484. The fourth-order valence-corrected chi connectivity index (χ4v) is 4.96. The third kappa shape index (κ3) is 4.19. The summed E-state index contributed by atoms with van der Waals surface area (Å²) in [4.78, 5) is 21.1. The molecule has 6 heteroatoms. The van der Waals surface area contributed by atoms with Gasteiger partial charge in [-0.25, -0.2) is 4.98 Å². The number of thiazole rings is 1. The molecule has 0 atom stereocenters. The Morgan fingerprint density at radius 3 is 2.36 bits per heavy atom. The van der Waals surface area contributed by atoms with Crippen LogP contribution in [0.3, 0.4) is 0 Å². The van der Waals surface area contributed by atoms with Crippen molar-refractivity contribution in [1.29, 1.82) is 0 Å². The van der Waals surface area contributed by atoms with Gasteiger partial charge < -0.3 is 9.80 Å². The van der Waals surface area contributed by atoms with E-state index in [0.29, 0.717) is 5.92 Å². The maximum atomic E-state index is 12.4. The largest absolute Gasteiger partial charge is 0.322 e. The van der Waals surface area contributed by atoms with Crippen molar-refractivity contribution in [2.45, 2.75) is 39.8 Å². The van der Waals surface area contributed by atoms with E-state index in [1.54, 1.807) is 26.7 Å². The summed E-state index contributed by atoms with van der Waals surface area (Å²) in [6.45, 7) is 13.0. The van der Waals surface area contributed by atoms with Gasteiger partial charge in [0.2, 0.25) is 0 Å². The lowest BCUT2D eigenvalue weighted by molar-refractivity contribution is -1.02. The van der Waals surface area contributed by atoms with Crippen molar-refractivity contribution in [2.75, 3.05) is 26.2 Å². The van der Waals surface area contributed by atoms with Crippen LogP contribution in [0.15, 0.2) is 40.5 Å². The van der Waals surface area contributed by atoms with Crippen LogP contribution in [0.2, 0.25) is 0 Å². The molecule has 1 fully saturated rings. The van der Waals surface area contributed by atoms with Gasteiger partial charge in [0.15, 0.2) is 4.96 Å². The first-order valence-electron chi connectivity index (χ1n) is 10.2. The van der Waals surface area contributed by atoms with Crippen molar-refractivity contribution >= 4 is 16.3 Å². The molecule has 1 aromatic carbocycles. The molecule has 148 valence electrons. The lowest BCUT2D eigenvalue weighted by Crippen LogP contribution is -3.27. The highest BCUT2D eigenvalue weighted by Crippen LogP contribution is 2.14. The summed E-state index contributed by atoms with van der Waals surface area (Å²) in [5, 5.41) is 2.00. The molecule has 0 radical (unpaired) electrons. The molecule has 0 saturated carbocycles. The summed E-state index contributed by atoms with van der Waals surface area (Å²) in [6.07, 6.45) is 0. The average molecular weight is 399 g/mol. The second-order valence-corrected chi connectivity index (χ2v) is 9.17. The quantitative estimate of drug-likeness (QED) is 0.664. The zero-order valence-electron chi connectivity index (χ0n) is 17.0. The molecule has 1 saturated heterocycles. The normalized spacial score (nSPS) is 20.1. The smallest absolute Gasteiger partial charge is 0.259 e. The van der Waals surface area contributed by atoms with Gasteiger partial charge in [0.05, 0.1) is 0 Å². The summed E-state index contributed by atoms with van der Waals surface area (Å²) in [7, 11) is 0. The van der Waals surface area contributed by atoms with Crippen molar-refractivity contribution in [2.24, 2.45) is 0 Å². The van der Waals surface area contributed by atoms with E-state index >= 15 is 0 Å². The predicted molar refractivity (Wildman–Crippen MR) is 113 cm³/mol. The average Bonchev–Trinajstić information content (AvgIpc) is 3.05. The first-order chi connectivity index (χ1) is 13.5. The van der Waals surface area contributed by atoms with Crippen molar-refractivity contribution in [1.82, 2.24) is 9.38 Å². The van der Waals surface area contributed by atoms with E-state index in [2.05, 4.69) is 38.1 Å². The van der Waals surface area contributed by atoms with Crippen LogP contribution in [0.4, 0.5) is 0 Å². The molecule has 28 heavy (non-hydrogen) atoms. The minimum absolute atomic E-state index is 0.0484. The number of aromatic nitrogens is 2. The minimum Gasteiger partial charge on any atom is -0.322 e. The maximum Gasteiger partial charge on any atom is 0.259 e. The number of piperazine rings is 1. The molecule has 3 aromatic rings. The van der Waals surface area contributed by atoms with Crippen molar-refractivity contribution in [3.05, 3.63) is 68.6 Å². The zero-order chi connectivity index (χ0) is 19.7. The van der Waals surface area contributed by atoms with Crippen LogP contribution in [0.25, 0.3) is 4.96 Å². The summed E-state index contributed by atoms with van der Waals surface area (Å²) in [5.41, 5.74) is 4.78. The van der Waals surface area contributed by atoms with Crippen molar-refractivity contribution in [3.63, 3.8) is 0 Å². The van der Waals surface area contributed by atoms with Crippen LogP contribution in [-0.4, -0.2) is 35.6 Å². The van der Waals surface area contributed by atoms with Gasteiger partial charge >= 0.3 is 0 Å². The van der Waals surface area contributed by atoms with Gasteiger partial charge in [0.1, 0.15) is 45.0 Å². The van der Waals surface area contributed by atoms with Crippen LogP contribution >= 0.6 is 11.3 Å². The highest BCUT2D eigenvalue weighted by atomic mass is 32.1.